The number of halogens is 5. The zero-order valence-corrected chi connectivity index (χ0v) is 17.9. The fourth-order valence-electron chi connectivity index (χ4n) is 2.45. The molecule has 0 aliphatic carbocycles. The van der Waals surface area contributed by atoms with Crippen molar-refractivity contribution in [3.63, 3.8) is 0 Å². The van der Waals surface area contributed by atoms with E-state index in [1.165, 1.54) is 7.05 Å². The Morgan fingerprint density at radius 3 is 1.73 bits per heavy atom. The van der Waals surface area contributed by atoms with E-state index in [0.29, 0.717) is 12.1 Å². The van der Waals surface area contributed by atoms with Crippen molar-refractivity contribution in [2.45, 2.75) is 71.4 Å². The molecular formula is C20H26F5NO4. The monoisotopic (exact) mass is 439 g/mol. The van der Waals surface area contributed by atoms with Crippen LogP contribution in [0.4, 0.5) is 26.7 Å². The molecule has 170 valence electrons. The van der Waals surface area contributed by atoms with E-state index in [9.17, 15) is 31.5 Å². The number of carbonyl (C=O) groups excluding carboxylic acids is 2. The minimum absolute atomic E-state index is 0.260. The van der Waals surface area contributed by atoms with Crippen LogP contribution in [0.25, 0.3) is 0 Å². The topological polar surface area (TPSA) is 55.8 Å². The fourth-order valence-corrected chi connectivity index (χ4v) is 2.45. The van der Waals surface area contributed by atoms with Crippen molar-refractivity contribution in [3.05, 3.63) is 34.9 Å². The lowest BCUT2D eigenvalue weighted by atomic mass is 10.0. The van der Waals surface area contributed by atoms with Gasteiger partial charge in [-0.05, 0) is 59.2 Å². The number of likely N-dealkylation sites (N-methyl/N-ethyl adjacent to an activating group) is 1. The van der Waals surface area contributed by atoms with E-state index in [2.05, 4.69) is 0 Å². The van der Waals surface area contributed by atoms with Crippen molar-refractivity contribution >= 4 is 12.1 Å². The van der Waals surface area contributed by atoms with Crippen molar-refractivity contribution in [2.24, 2.45) is 0 Å². The number of ether oxygens (including phenoxy) is 2. The van der Waals surface area contributed by atoms with Crippen molar-refractivity contribution in [2.75, 3.05) is 7.05 Å². The first-order chi connectivity index (χ1) is 13.3. The molecular weight excluding hydrogens is 413 g/mol. The molecule has 0 saturated carbocycles. The zero-order valence-electron chi connectivity index (χ0n) is 17.9. The highest BCUT2D eigenvalue weighted by atomic mass is 19.4. The van der Waals surface area contributed by atoms with Crippen LogP contribution in [0.15, 0.2) is 12.1 Å². The van der Waals surface area contributed by atoms with Gasteiger partial charge in [0, 0.05) is 13.5 Å². The molecule has 1 amide bonds. The number of nitrogens with zero attached hydrogens (tertiary/aromatic N) is 1. The van der Waals surface area contributed by atoms with Crippen LogP contribution in [-0.2, 0) is 26.9 Å². The van der Waals surface area contributed by atoms with E-state index < -0.39 is 59.1 Å². The van der Waals surface area contributed by atoms with Gasteiger partial charge in [-0.15, -0.1) is 0 Å². The third-order valence-electron chi connectivity index (χ3n) is 3.64. The molecule has 0 saturated heterocycles. The second-order valence-corrected chi connectivity index (χ2v) is 8.78. The molecule has 1 aromatic rings. The van der Waals surface area contributed by atoms with Crippen LogP contribution in [0.3, 0.4) is 0 Å². The second-order valence-electron chi connectivity index (χ2n) is 8.78. The summed E-state index contributed by atoms with van der Waals surface area (Å²) < 4.78 is 76.7. The Kier molecular flexibility index (Phi) is 7.50. The Labute approximate surface area is 172 Å². The molecule has 0 heterocycles. The molecule has 0 aliphatic rings. The lowest BCUT2D eigenvalue weighted by molar-refractivity contribution is -0.160. The predicted octanol–water partition coefficient (Wildman–Crippen LogP) is 5.10. The van der Waals surface area contributed by atoms with E-state index in [1.54, 1.807) is 41.5 Å². The lowest BCUT2D eigenvalue weighted by Gasteiger charge is -2.31. The minimum atomic E-state index is -5.22. The molecule has 1 atom stereocenters. The number of carbonyl (C=O) groups is 2. The number of hydrogen-bond donors (Lipinski definition) is 0. The van der Waals surface area contributed by atoms with Crippen LogP contribution in [0.1, 0.15) is 52.7 Å². The van der Waals surface area contributed by atoms with E-state index in [1.807, 2.05) is 0 Å². The van der Waals surface area contributed by atoms with Gasteiger partial charge in [-0.3, -0.25) is 4.90 Å². The van der Waals surface area contributed by atoms with Gasteiger partial charge in [0.25, 0.3) is 0 Å². The molecule has 0 aliphatic heterocycles. The lowest BCUT2D eigenvalue weighted by Crippen LogP contribution is -2.48. The quantitative estimate of drug-likeness (QED) is 0.484. The average Bonchev–Trinajstić information content (AvgIpc) is 2.46. The number of rotatable bonds is 4. The molecule has 1 unspecified atom stereocenters. The molecule has 5 nitrogen and oxygen atoms in total. The third kappa shape index (κ3) is 7.46. The molecule has 0 bridgehead atoms. The van der Waals surface area contributed by atoms with Crippen LogP contribution in [-0.4, -0.2) is 41.3 Å². The average molecular weight is 439 g/mol. The Balaban J connectivity index is 3.30. The van der Waals surface area contributed by atoms with E-state index >= 15 is 0 Å². The molecule has 0 fully saturated rings. The first kappa shape index (κ1) is 25.6. The largest absolute Gasteiger partial charge is 0.458 e. The summed E-state index contributed by atoms with van der Waals surface area (Å²) in [5.74, 6) is -4.54. The van der Waals surface area contributed by atoms with Crippen LogP contribution >= 0.6 is 0 Å². The number of hydrogen-bond acceptors (Lipinski definition) is 4. The van der Waals surface area contributed by atoms with E-state index in [0.717, 1.165) is 4.90 Å². The molecule has 30 heavy (non-hydrogen) atoms. The summed E-state index contributed by atoms with van der Waals surface area (Å²) in [5.41, 5.74) is -4.12. The molecule has 1 aromatic carbocycles. The van der Waals surface area contributed by atoms with Crippen molar-refractivity contribution < 1.29 is 41.0 Å². The van der Waals surface area contributed by atoms with Crippen LogP contribution in [0.5, 0.6) is 0 Å². The fraction of sp³-hybridized carbons (Fsp3) is 0.600. The number of benzene rings is 1. The maximum Gasteiger partial charge on any atom is 0.422 e. The molecule has 1 rings (SSSR count). The molecule has 10 heteroatoms. The summed E-state index contributed by atoms with van der Waals surface area (Å²) in [4.78, 5) is 25.9. The van der Waals surface area contributed by atoms with Gasteiger partial charge in [-0.2, -0.15) is 13.2 Å². The highest BCUT2D eigenvalue weighted by molar-refractivity contribution is 5.82. The standard InChI is InChI=1S/C20H26F5NO4/c1-18(2,3)29-16(27)14(26(7)17(28)30-19(4,5)6)10-11-8-12(21)15(13(22)9-11)20(23,24)25/h8-9,14H,10H2,1-7H3. The Bertz CT molecular complexity index is 771. The Morgan fingerprint density at radius 1 is 0.933 bits per heavy atom. The first-order valence-electron chi connectivity index (χ1n) is 9.05. The number of alkyl halides is 3. The SMILES string of the molecule is CN(C(=O)OC(C)(C)C)C(Cc1cc(F)c(C(F)(F)F)c(F)c1)C(=O)OC(C)(C)C. The van der Waals surface area contributed by atoms with Gasteiger partial charge in [0.05, 0.1) is 0 Å². The van der Waals surface area contributed by atoms with Gasteiger partial charge in [-0.25, -0.2) is 18.4 Å². The van der Waals surface area contributed by atoms with E-state index in [-0.39, 0.29) is 5.56 Å². The van der Waals surface area contributed by atoms with Gasteiger partial charge in [0.2, 0.25) is 0 Å². The maximum atomic E-state index is 13.9. The van der Waals surface area contributed by atoms with Crippen molar-refractivity contribution in [1.82, 2.24) is 4.90 Å². The number of amides is 1. The minimum Gasteiger partial charge on any atom is -0.458 e. The van der Waals surface area contributed by atoms with Gasteiger partial charge in [-0.1, -0.05) is 0 Å². The summed E-state index contributed by atoms with van der Waals surface area (Å²) >= 11 is 0. The van der Waals surface area contributed by atoms with Gasteiger partial charge in [0.1, 0.15) is 34.4 Å². The summed E-state index contributed by atoms with van der Waals surface area (Å²) in [6.07, 6.45) is -6.62. The maximum absolute atomic E-state index is 13.9. The summed E-state index contributed by atoms with van der Waals surface area (Å²) in [6.45, 7) is 9.53. The van der Waals surface area contributed by atoms with Crippen LogP contribution < -0.4 is 0 Å². The summed E-state index contributed by atoms with van der Waals surface area (Å²) in [5, 5.41) is 0. The highest BCUT2D eigenvalue weighted by Crippen LogP contribution is 2.34. The van der Waals surface area contributed by atoms with Crippen LogP contribution in [0, 0.1) is 11.6 Å². The highest BCUT2D eigenvalue weighted by Gasteiger charge is 2.39. The van der Waals surface area contributed by atoms with E-state index in [4.69, 9.17) is 9.47 Å². The molecule has 0 spiro atoms. The predicted molar refractivity (Wildman–Crippen MR) is 98.7 cm³/mol. The van der Waals surface area contributed by atoms with Gasteiger partial charge >= 0.3 is 18.2 Å². The van der Waals surface area contributed by atoms with Crippen molar-refractivity contribution in [3.8, 4) is 0 Å². The first-order valence-corrected chi connectivity index (χ1v) is 9.05. The van der Waals surface area contributed by atoms with Crippen molar-refractivity contribution in [1.29, 1.82) is 0 Å². The molecule has 0 radical (unpaired) electrons. The Hall–Kier alpha value is -2.39. The number of esters is 1. The third-order valence-corrected chi connectivity index (χ3v) is 3.64. The molecule has 0 aromatic heterocycles. The normalized spacial score (nSPS) is 13.6. The summed E-state index contributed by atoms with van der Waals surface area (Å²) in [6, 6.07) is -0.437. The summed E-state index contributed by atoms with van der Waals surface area (Å²) in [7, 11) is 1.22. The Morgan fingerprint density at radius 2 is 1.37 bits per heavy atom. The van der Waals surface area contributed by atoms with Gasteiger partial charge in [0.15, 0.2) is 0 Å². The van der Waals surface area contributed by atoms with Gasteiger partial charge < -0.3 is 9.47 Å². The van der Waals surface area contributed by atoms with Crippen LogP contribution in [0.2, 0.25) is 0 Å². The second kappa shape index (κ2) is 8.77. The molecule has 0 N–H and O–H groups in total. The smallest absolute Gasteiger partial charge is 0.422 e. The zero-order chi connectivity index (χ0) is 23.7.